The highest BCUT2D eigenvalue weighted by atomic mass is 32.2. The molecule has 2 rings (SSSR count). The van der Waals surface area contributed by atoms with E-state index in [-0.39, 0.29) is 0 Å². The normalized spacial score (nSPS) is 11.1. The monoisotopic (exact) mass is 266 g/mol. The van der Waals surface area contributed by atoms with Gasteiger partial charge in [0.2, 0.25) is 0 Å². The first kappa shape index (κ1) is 13.1. The number of thioether (sulfide) groups is 1. The molecule has 0 saturated carbocycles. The van der Waals surface area contributed by atoms with Gasteiger partial charge in [-0.25, -0.2) is 4.68 Å². The van der Waals surface area contributed by atoms with E-state index in [9.17, 15) is 0 Å². The van der Waals surface area contributed by atoms with Crippen LogP contribution in [0.25, 0.3) is 11.4 Å². The van der Waals surface area contributed by atoms with Gasteiger partial charge in [0.1, 0.15) is 11.4 Å². The van der Waals surface area contributed by atoms with Crippen molar-refractivity contribution in [3.8, 4) is 11.4 Å². The maximum Gasteiger partial charge on any atom is 0.111 e. The standard InChI is InChI=1S/C11H18N6S/c1-16-10(4-5-13-16)11-9(8-12)14-15-17(11)6-3-7-18-2/h4-5H,3,6-8,12H2,1-2H3. The molecule has 18 heavy (non-hydrogen) atoms. The summed E-state index contributed by atoms with van der Waals surface area (Å²) in [5.41, 5.74) is 8.54. The molecule has 0 aliphatic carbocycles. The van der Waals surface area contributed by atoms with Gasteiger partial charge < -0.3 is 5.73 Å². The van der Waals surface area contributed by atoms with Gasteiger partial charge in [0, 0.05) is 26.3 Å². The molecule has 6 nitrogen and oxygen atoms in total. The Kier molecular flexibility index (Phi) is 4.38. The van der Waals surface area contributed by atoms with Gasteiger partial charge in [0.15, 0.2) is 0 Å². The summed E-state index contributed by atoms with van der Waals surface area (Å²) in [4.78, 5) is 0. The van der Waals surface area contributed by atoms with Crippen LogP contribution < -0.4 is 5.73 Å². The Morgan fingerprint density at radius 1 is 1.44 bits per heavy atom. The molecule has 98 valence electrons. The maximum absolute atomic E-state index is 5.73. The molecule has 0 amide bonds. The molecule has 0 unspecified atom stereocenters. The fourth-order valence-electron chi connectivity index (χ4n) is 1.89. The van der Waals surface area contributed by atoms with Gasteiger partial charge in [-0.05, 0) is 24.5 Å². The zero-order chi connectivity index (χ0) is 13.0. The Hall–Kier alpha value is -1.34. The lowest BCUT2D eigenvalue weighted by Gasteiger charge is -2.07. The van der Waals surface area contributed by atoms with Crippen LogP contribution in [0.15, 0.2) is 12.3 Å². The average molecular weight is 266 g/mol. The number of rotatable bonds is 6. The molecule has 0 atom stereocenters. The average Bonchev–Trinajstić information content (AvgIpc) is 2.95. The number of aromatic nitrogens is 5. The predicted molar refractivity (Wildman–Crippen MR) is 73.1 cm³/mol. The fraction of sp³-hybridized carbons (Fsp3) is 0.545. The van der Waals surface area contributed by atoms with E-state index in [0.29, 0.717) is 6.54 Å². The van der Waals surface area contributed by atoms with Crippen LogP contribution in [-0.2, 0) is 20.1 Å². The Balaban J connectivity index is 2.31. The van der Waals surface area contributed by atoms with Crippen LogP contribution in [0.3, 0.4) is 0 Å². The minimum absolute atomic E-state index is 0.392. The van der Waals surface area contributed by atoms with Crippen molar-refractivity contribution in [2.75, 3.05) is 12.0 Å². The van der Waals surface area contributed by atoms with E-state index in [4.69, 9.17) is 5.73 Å². The van der Waals surface area contributed by atoms with E-state index in [1.165, 1.54) is 0 Å². The maximum atomic E-state index is 5.73. The zero-order valence-electron chi connectivity index (χ0n) is 10.7. The van der Waals surface area contributed by atoms with Crippen molar-refractivity contribution in [2.45, 2.75) is 19.5 Å². The quantitative estimate of drug-likeness (QED) is 0.786. The van der Waals surface area contributed by atoms with E-state index in [2.05, 4.69) is 21.7 Å². The van der Waals surface area contributed by atoms with Crippen molar-refractivity contribution in [3.63, 3.8) is 0 Å². The molecule has 0 spiro atoms. The number of nitrogens with zero attached hydrogens (tertiary/aromatic N) is 5. The lowest BCUT2D eigenvalue weighted by molar-refractivity contribution is 0.583. The number of nitrogens with two attached hydrogens (primary N) is 1. The van der Waals surface area contributed by atoms with Crippen molar-refractivity contribution < 1.29 is 0 Å². The zero-order valence-corrected chi connectivity index (χ0v) is 11.5. The van der Waals surface area contributed by atoms with Gasteiger partial charge in [-0.3, -0.25) is 4.68 Å². The van der Waals surface area contributed by atoms with Gasteiger partial charge in [-0.1, -0.05) is 5.21 Å². The smallest absolute Gasteiger partial charge is 0.111 e. The van der Waals surface area contributed by atoms with Crippen LogP contribution in [0, 0.1) is 0 Å². The number of hydrogen-bond donors (Lipinski definition) is 1. The molecule has 2 N–H and O–H groups in total. The summed E-state index contributed by atoms with van der Waals surface area (Å²) in [6, 6.07) is 1.96. The van der Waals surface area contributed by atoms with Gasteiger partial charge in [-0.15, -0.1) is 5.10 Å². The van der Waals surface area contributed by atoms with E-state index in [1.807, 2.05) is 34.2 Å². The predicted octanol–water partition coefficient (Wildman–Crippen LogP) is 0.890. The third kappa shape index (κ3) is 2.56. The second-order valence-corrected chi connectivity index (χ2v) is 4.98. The van der Waals surface area contributed by atoms with E-state index < -0.39 is 0 Å². The number of hydrogen-bond acceptors (Lipinski definition) is 5. The SMILES string of the molecule is CSCCCn1nnc(CN)c1-c1ccnn1C. The molecule has 0 aliphatic heterocycles. The molecular weight excluding hydrogens is 248 g/mol. The van der Waals surface area contributed by atoms with Crippen LogP contribution in [-0.4, -0.2) is 36.8 Å². The molecule has 2 heterocycles. The summed E-state index contributed by atoms with van der Waals surface area (Å²) in [6.07, 6.45) is 4.95. The molecule has 0 aromatic carbocycles. The first-order valence-electron chi connectivity index (χ1n) is 5.87. The molecule has 0 saturated heterocycles. The summed E-state index contributed by atoms with van der Waals surface area (Å²) in [6.45, 7) is 1.25. The molecule has 0 bridgehead atoms. The highest BCUT2D eigenvalue weighted by molar-refractivity contribution is 7.98. The second-order valence-electron chi connectivity index (χ2n) is 4.00. The minimum atomic E-state index is 0.392. The minimum Gasteiger partial charge on any atom is -0.325 e. The summed E-state index contributed by atoms with van der Waals surface area (Å²) in [5, 5.41) is 12.5. The molecule has 2 aromatic rings. The van der Waals surface area contributed by atoms with Crippen molar-refractivity contribution in [2.24, 2.45) is 12.8 Å². The second kappa shape index (κ2) is 6.01. The van der Waals surface area contributed by atoms with Crippen molar-refractivity contribution in [1.82, 2.24) is 24.8 Å². The van der Waals surface area contributed by atoms with Crippen molar-refractivity contribution in [3.05, 3.63) is 18.0 Å². The lowest BCUT2D eigenvalue weighted by Crippen LogP contribution is -2.08. The molecule has 0 fully saturated rings. The van der Waals surface area contributed by atoms with Crippen LogP contribution >= 0.6 is 11.8 Å². The van der Waals surface area contributed by atoms with Gasteiger partial charge >= 0.3 is 0 Å². The first-order chi connectivity index (χ1) is 8.77. The molecule has 0 radical (unpaired) electrons. The third-order valence-corrected chi connectivity index (χ3v) is 3.48. The van der Waals surface area contributed by atoms with Crippen LogP contribution in [0.4, 0.5) is 0 Å². The Labute approximate surface area is 111 Å². The highest BCUT2D eigenvalue weighted by Gasteiger charge is 2.16. The largest absolute Gasteiger partial charge is 0.325 e. The summed E-state index contributed by atoms with van der Waals surface area (Å²) in [5.74, 6) is 1.11. The molecular formula is C11H18N6S. The lowest BCUT2D eigenvalue weighted by atomic mass is 10.2. The van der Waals surface area contributed by atoms with Crippen LogP contribution in [0.5, 0.6) is 0 Å². The highest BCUT2D eigenvalue weighted by Crippen LogP contribution is 2.21. The molecule has 2 aromatic heterocycles. The van der Waals surface area contributed by atoms with E-state index in [1.54, 1.807) is 6.20 Å². The fourth-order valence-corrected chi connectivity index (χ4v) is 2.31. The number of aryl methyl sites for hydroxylation is 2. The van der Waals surface area contributed by atoms with E-state index >= 15 is 0 Å². The topological polar surface area (TPSA) is 74.6 Å². The van der Waals surface area contributed by atoms with E-state index in [0.717, 1.165) is 35.8 Å². The summed E-state index contributed by atoms with van der Waals surface area (Å²) in [7, 11) is 1.91. The first-order valence-corrected chi connectivity index (χ1v) is 7.27. The van der Waals surface area contributed by atoms with Crippen LogP contribution in [0.2, 0.25) is 0 Å². The van der Waals surface area contributed by atoms with Gasteiger partial charge in [0.05, 0.1) is 5.69 Å². The van der Waals surface area contributed by atoms with Crippen molar-refractivity contribution >= 4 is 11.8 Å². The molecule has 7 heteroatoms. The Morgan fingerprint density at radius 3 is 2.89 bits per heavy atom. The Bertz CT molecular complexity index is 503. The van der Waals surface area contributed by atoms with Gasteiger partial charge in [0.25, 0.3) is 0 Å². The van der Waals surface area contributed by atoms with Crippen LogP contribution in [0.1, 0.15) is 12.1 Å². The molecule has 0 aliphatic rings. The Morgan fingerprint density at radius 2 is 2.28 bits per heavy atom. The third-order valence-electron chi connectivity index (χ3n) is 2.78. The summed E-state index contributed by atoms with van der Waals surface area (Å²) < 4.78 is 3.75. The summed E-state index contributed by atoms with van der Waals surface area (Å²) >= 11 is 1.84. The van der Waals surface area contributed by atoms with Gasteiger partial charge in [-0.2, -0.15) is 16.9 Å². The van der Waals surface area contributed by atoms with Crippen molar-refractivity contribution in [1.29, 1.82) is 0 Å².